The molecule has 0 bridgehead atoms. The van der Waals surface area contributed by atoms with Crippen molar-refractivity contribution in [1.82, 2.24) is 9.88 Å². The van der Waals surface area contributed by atoms with Crippen molar-refractivity contribution >= 4 is 23.1 Å². The highest BCUT2D eigenvalue weighted by Crippen LogP contribution is 2.24. The first-order chi connectivity index (χ1) is 11.5. The van der Waals surface area contributed by atoms with Gasteiger partial charge in [0.05, 0.1) is 4.92 Å². The number of benzene rings is 1. The van der Waals surface area contributed by atoms with Crippen LogP contribution in [0.25, 0.3) is 0 Å². The van der Waals surface area contributed by atoms with Gasteiger partial charge < -0.3 is 5.32 Å². The van der Waals surface area contributed by atoms with Gasteiger partial charge in [-0.1, -0.05) is 17.7 Å². The van der Waals surface area contributed by atoms with Gasteiger partial charge in [0.25, 0.3) is 5.69 Å². The molecule has 1 fully saturated rings. The molecule has 6 nitrogen and oxygen atoms in total. The molecule has 0 amide bonds. The van der Waals surface area contributed by atoms with Crippen LogP contribution in [0, 0.1) is 15.9 Å². The second-order valence-corrected chi connectivity index (χ2v) is 6.13. The van der Waals surface area contributed by atoms with Crippen LogP contribution in [0.15, 0.2) is 36.5 Å². The third kappa shape index (κ3) is 3.80. The zero-order valence-electron chi connectivity index (χ0n) is 12.8. The predicted molar refractivity (Wildman–Crippen MR) is 89.6 cm³/mol. The van der Waals surface area contributed by atoms with Crippen LogP contribution in [0.1, 0.15) is 12.0 Å². The SMILES string of the molecule is O=[N+]([O-])c1ccc(N[C@@H]2CCN(Cc3c(F)cccc3Cl)C2)nc1. The van der Waals surface area contributed by atoms with Gasteiger partial charge >= 0.3 is 0 Å². The van der Waals surface area contributed by atoms with Crippen LogP contribution in [0.5, 0.6) is 0 Å². The molecular formula is C16H16ClFN4O2. The summed E-state index contributed by atoms with van der Waals surface area (Å²) >= 11 is 6.07. The lowest BCUT2D eigenvalue weighted by Gasteiger charge is -2.18. The van der Waals surface area contributed by atoms with Crippen molar-refractivity contribution in [2.24, 2.45) is 0 Å². The lowest BCUT2D eigenvalue weighted by molar-refractivity contribution is -0.385. The molecule has 2 aromatic rings. The van der Waals surface area contributed by atoms with E-state index >= 15 is 0 Å². The number of likely N-dealkylation sites (tertiary alicyclic amines) is 1. The van der Waals surface area contributed by atoms with Gasteiger partial charge in [-0.3, -0.25) is 15.0 Å². The number of halogens is 2. The maximum atomic E-state index is 13.9. The van der Waals surface area contributed by atoms with Crippen LogP contribution in [-0.4, -0.2) is 33.9 Å². The molecule has 8 heteroatoms. The van der Waals surface area contributed by atoms with Crippen molar-refractivity contribution in [3.8, 4) is 0 Å². The first kappa shape index (κ1) is 16.6. The number of anilines is 1. The second-order valence-electron chi connectivity index (χ2n) is 5.72. The zero-order chi connectivity index (χ0) is 17.1. The van der Waals surface area contributed by atoms with E-state index in [1.54, 1.807) is 18.2 Å². The van der Waals surface area contributed by atoms with E-state index in [9.17, 15) is 14.5 Å². The van der Waals surface area contributed by atoms with Gasteiger partial charge in [-0.2, -0.15) is 0 Å². The fourth-order valence-corrected chi connectivity index (χ4v) is 3.01. The summed E-state index contributed by atoms with van der Waals surface area (Å²) in [5.74, 6) is 0.298. The number of rotatable bonds is 5. The van der Waals surface area contributed by atoms with Crippen LogP contribution < -0.4 is 5.32 Å². The molecule has 1 aromatic carbocycles. The fourth-order valence-electron chi connectivity index (χ4n) is 2.79. The van der Waals surface area contributed by atoms with E-state index in [0.717, 1.165) is 19.5 Å². The minimum Gasteiger partial charge on any atom is -0.366 e. The highest BCUT2D eigenvalue weighted by Gasteiger charge is 2.24. The largest absolute Gasteiger partial charge is 0.366 e. The number of nitrogens with zero attached hydrogens (tertiary/aromatic N) is 3. The Bertz CT molecular complexity index is 721. The Morgan fingerprint density at radius 1 is 1.42 bits per heavy atom. The lowest BCUT2D eigenvalue weighted by atomic mass is 10.2. The molecule has 0 saturated carbocycles. The van der Waals surface area contributed by atoms with E-state index in [0.29, 0.717) is 22.9 Å². The Balaban J connectivity index is 1.58. The summed E-state index contributed by atoms with van der Waals surface area (Å²) in [6.07, 6.45) is 2.11. The van der Waals surface area contributed by atoms with Crippen LogP contribution in [0.4, 0.5) is 15.9 Å². The Kier molecular flexibility index (Phi) is 4.92. The normalized spacial score (nSPS) is 17.8. The molecule has 1 saturated heterocycles. The maximum absolute atomic E-state index is 13.9. The number of hydrogen-bond acceptors (Lipinski definition) is 5. The quantitative estimate of drug-likeness (QED) is 0.660. The molecule has 1 N–H and O–H groups in total. The molecule has 1 atom stereocenters. The number of aromatic nitrogens is 1. The van der Waals surface area contributed by atoms with E-state index in [1.807, 2.05) is 0 Å². The second kappa shape index (κ2) is 7.11. The monoisotopic (exact) mass is 350 g/mol. The average molecular weight is 351 g/mol. The van der Waals surface area contributed by atoms with Crippen molar-refractivity contribution in [3.63, 3.8) is 0 Å². The Morgan fingerprint density at radius 3 is 2.92 bits per heavy atom. The molecule has 0 radical (unpaired) electrons. The third-order valence-corrected chi connectivity index (χ3v) is 4.38. The Labute approximate surface area is 143 Å². The van der Waals surface area contributed by atoms with Crippen molar-refractivity contribution < 1.29 is 9.31 Å². The summed E-state index contributed by atoms with van der Waals surface area (Å²) < 4.78 is 13.9. The van der Waals surface area contributed by atoms with E-state index < -0.39 is 4.92 Å². The summed E-state index contributed by atoms with van der Waals surface area (Å²) in [4.78, 5) is 16.3. The molecule has 126 valence electrons. The first-order valence-corrected chi connectivity index (χ1v) is 7.93. The van der Waals surface area contributed by atoms with Gasteiger partial charge in [0.2, 0.25) is 0 Å². The number of nitrogens with one attached hydrogen (secondary N) is 1. The number of nitro groups is 1. The van der Waals surface area contributed by atoms with Gasteiger partial charge in [-0.05, 0) is 24.6 Å². The molecule has 0 unspecified atom stereocenters. The molecule has 2 heterocycles. The van der Waals surface area contributed by atoms with Crippen LogP contribution in [0.2, 0.25) is 5.02 Å². The molecule has 0 aliphatic carbocycles. The maximum Gasteiger partial charge on any atom is 0.287 e. The van der Waals surface area contributed by atoms with Crippen molar-refractivity contribution in [2.75, 3.05) is 18.4 Å². The molecular weight excluding hydrogens is 335 g/mol. The van der Waals surface area contributed by atoms with Crippen LogP contribution in [0.3, 0.4) is 0 Å². The lowest BCUT2D eigenvalue weighted by Crippen LogP contribution is -2.26. The number of pyridine rings is 1. The zero-order valence-corrected chi connectivity index (χ0v) is 13.5. The van der Waals surface area contributed by atoms with Crippen molar-refractivity contribution in [1.29, 1.82) is 0 Å². The minimum atomic E-state index is -0.480. The van der Waals surface area contributed by atoms with Gasteiger partial charge in [-0.25, -0.2) is 9.37 Å². The first-order valence-electron chi connectivity index (χ1n) is 7.55. The van der Waals surface area contributed by atoms with Gasteiger partial charge in [0, 0.05) is 42.3 Å². The number of hydrogen-bond donors (Lipinski definition) is 1. The average Bonchev–Trinajstić information content (AvgIpc) is 2.99. The predicted octanol–water partition coefficient (Wildman–Crippen LogP) is 3.47. The van der Waals surface area contributed by atoms with Gasteiger partial charge in [0.15, 0.2) is 0 Å². The van der Waals surface area contributed by atoms with Crippen LogP contribution >= 0.6 is 11.6 Å². The van der Waals surface area contributed by atoms with E-state index in [1.165, 1.54) is 18.3 Å². The van der Waals surface area contributed by atoms with Crippen LogP contribution in [-0.2, 0) is 6.54 Å². The van der Waals surface area contributed by atoms with Gasteiger partial charge in [0.1, 0.15) is 17.8 Å². The standard InChI is InChI=1S/C16H16ClFN4O2/c17-14-2-1-3-15(18)13(14)10-21-7-6-11(9-21)20-16-5-4-12(8-19-16)22(23)24/h1-5,8,11H,6-7,9-10H2,(H,19,20)/t11-/m1/s1. The van der Waals surface area contributed by atoms with Crippen molar-refractivity contribution in [2.45, 2.75) is 19.0 Å². The van der Waals surface area contributed by atoms with E-state index in [2.05, 4.69) is 15.2 Å². The summed E-state index contributed by atoms with van der Waals surface area (Å²) in [5, 5.41) is 14.3. The molecule has 1 aliphatic rings. The molecule has 1 aliphatic heterocycles. The van der Waals surface area contributed by atoms with E-state index in [4.69, 9.17) is 11.6 Å². The third-order valence-electron chi connectivity index (χ3n) is 4.03. The highest BCUT2D eigenvalue weighted by molar-refractivity contribution is 6.31. The summed E-state index contributed by atoms with van der Waals surface area (Å²) in [5.41, 5.74) is 0.469. The van der Waals surface area contributed by atoms with Crippen molar-refractivity contribution in [3.05, 3.63) is 63.0 Å². The van der Waals surface area contributed by atoms with E-state index in [-0.39, 0.29) is 17.5 Å². The van der Waals surface area contributed by atoms with Gasteiger partial charge in [-0.15, -0.1) is 0 Å². The summed E-state index contributed by atoms with van der Waals surface area (Å²) in [6, 6.07) is 7.86. The molecule has 3 rings (SSSR count). The molecule has 1 aromatic heterocycles. The highest BCUT2D eigenvalue weighted by atomic mass is 35.5. The Hall–Kier alpha value is -2.25. The fraction of sp³-hybridized carbons (Fsp3) is 0.312. The molecule has 0 spiro atoms. The Morgan fingerprint density at radius 2 is 2.25 bits per heavy atom. The summed E-state index contributed by atoms with van der Waals surface area (Å²) in [6.45, 7) is 2.00. The minimum absolute atomic E-state index is 0.0391. The summed E-state index contributed by atoms with van der Waals surface area (Å²) in [7, 11) is 0. The smallest absolute Gasteiger partial charge is 0.287 e. The molecule has 24 heavy (non-hydrogen) atoms. The topological polar surface area (TPSA) is 71.3 Å².